The maximum absolute atomic E-state index is 10.3. The fraction of sp³-hybridized carbons (Fsp3) is 0.222. The van der Waals surface area contributed by atoms with Crippen molar-refractivity contribution in [3.05, 3.63) is 77.3 Å². The molecule has 0 amide bonds. The minimum atomic E-state index is -1.03. The monoisotopic (exact) mass is 514 g/mol. The van der Waals surface area contributed by atoms with Crippen LogP contribution in [-0.2, 0) is 19.1 Å². The van der Waals surface area contributed by atoms with Crippen LogP contribution in [0.2, 0.25) is 5.02 Å². The minimum absolute atomic E-state index is 0.331. The Morgan fingerprint density at radius 1 is 1.05 bits per heavy atom. The van der Waals surface area contributed by atoms with E-state index in [1.165, 1.54) is 0 Å². The van der Waals surface area contributed by atoms with Crippen LogP contribution in [0.1, 0.15) is 25.2 Å². The first-order chi connectivity index (χ1) is 17.7. The molecule has 0 atom stereocenters. The van der Waals surface area contributed by atoms with E-state index in [0.717, 1.165) is 16.5 Å². The molecule has 0 aliphatic rings. The number of fused-ring (bicyclic) bond motifs is 1. The standard InChI is InChI=1S/C27H27ClN8O/c1-27(2,37)21-7-4-8-22(33-21)30-12-9-20-26(29)34-25(19-10-13-36(3)35-19)24(32-20)17-14-16-6-5-11-31-23(16)18(28)15-17/h4-8,10-11,13-15,37H,9,12H2,1-3H3,(H2,29,34)(H,30,33). The van der Waals surface area contributed by atoms with Crippen LogP contribution in [0.15, 0.2) is 60.9 Å². The molecule has 4 N–H and O–H groups in total. The number of anilines is 2. The molecule has 0 saturated heterocycles. The van der Waals surface area contributed by atoms with Crippen LogP contribution in [-0.4, -0.2) is 41.4 Å². The lowest BCUT2D eigenvalue weighted by Gasteiger charge is -2.17. The lowest BCUT2D eigenvalue weighted by molar-refractivity contribution is 0.0740. The minimum Gasteiger partial charge on any atom is -0.384 e. The quantitative estimate of drug-likeness (QED) is 0.287. The van der Waals surface area contributed by atoms with Gasteiger partial charge in [0.1, 0.15) is 28.6 Å². The smallest absolute Gasteiger partial charge is 0.146 e. The number of aliphatic hydroxyl groups is 1. The van der Waals surface area contributed by atoms with E-state index in [1.54, 1.807) is 30.8 Å². The SMILES string of the molecule is Cn1ccc(-c2nc(N)c(CCNc3cccc(C(C)(C)O)n3)nc2-c2cc(Cl)c3ncccc3c2)n1. The van der Waals surface area contributed by atoms with Gasteiger partial charge in [-0.05, 0) is 50.2 Å². The predicted octanol–water partition coefficient (Wildman–Crippen LogP) is 4.60. The Morgan fingerprint density at radius 2 is 1.89 bits per heavy atom. The molecule has 0 saturated carbocycles. The number of nitrogen functional groups attached to an aromatic ring is 1. The Bertz CT molecular complexity index is 1590. The Balaban J connectivity index is 1.50. The van der Waals surface area contributed by atoms with Gasteiger partial charge in [0.25, 0.3) is 0 Å². The maximum atomic E-state index is 10.3. The zero-order valence-corrected chi connectivity index (χ0v) is 21.5. The van der Waals surface area contributed by atoms with Crippen molar-refractivity contribution in [2.45, 2.75) is 25.9 Å². The second kappa shape index (κ2) is 9.76. The van der Waals surface area contributed by atoms with Gasteiger partial charge >= 0.3 is 0 Å². The molecule has 188 valence electrons. The number of rotatable bonds is 7. The van der Waals surface area contributed by atoms with Crippen molar-refractivity contribution in [3.8, 4) is 22.6 Å². The maximum Gasteiger partial charge on any atom is 0.146 e. The largest absolute Gasteiger partial charge is 0.384 e. The number of nitrogens with two attached hydrogens (primary N) is 1. The summed E-state index contributed by atoms with van der Waals surface area (Å²) in [5.74, 6) is 0.989. The van der Waals surface area contributed by atoms with Crippen molar-refractivity contribution < 1.29 is 5.11 Å². The van der Waals surface area contributed by atoms with Gasteiger partial charge in [-0.2, -0.15) is 5.10 Å². The first-order valence-electron chi connectivity index (χ1n) is 11.8. The molecule has 37 heavy (non-hydrogen) atoms. The number of aromatic nitrogens is 6. The summed E-state index contributed by atoms with van der Waals surface area (Å²) in [7, 11) is 1.85. The molecule has 0 aliphatic carbocycles. The fourth-order valence-corrected chi connectivity index (χ4v) is 4.33. The highest BCUT2D eigenvalue weighted by Crippen LogP contribution is 2.34. The molecule has 0 radical (unpaired) electrons. The van der Waals surface area contributed by atoms with Crippen molar-refractivity contribution in [1.29, 1.82) is 0 Å². The van der Waals surface area contributed by atoms with Crippen LogP contribution in [0.5, 0.6) is 0 Å². The Morgan fingerprint density at radius 3 is 2.65 bits per heavy atom. The van der Waals surface area contributed by atoms with Gasteiger partial charge in [0, 0.05) is 43.4 Å². The van der Waals surface area contributed by atoms with Gasteiger partial charge in [-0.25, -0.2) is 15.0 Å². The predicted molar refractivity (Wildman–Crippen MR) is 146 cm³/mol. The molecule has 5 aromatic rings. The average molecular weight is 515 g/mol. The Hall–Kier alpha value is -4.08. The van der Waals surface area contributed by atoms with E-state index in [2.05, 4.69) is 20.4 Å². The molecule has 0 aliphatic heterocycles. The number of aryl methyl sites for hydroxylation is 1. The second-order valence-electron chi connectivity index (χ2n) is 9.30. The molecule has 0 unspecified atom stereocenters. The Labute approximate surface area is 219 Å². The summed E-state index contributed by atoms with van der Waals surface area (Å²) in [4.78, 5) is 18.6. The zero-order valence-electron chi connectivity index (χ0n) is 20.8. The van der Waals surface area contributed by atoms with E-state index >= 15 is 0 Å². The van der Waals surface area contributed by atoms with Crippen molar-refractivity contribution in [3.63, 3.8) is 0 Å². The van der Waals surface area contributed by atoms with Gasteiger partial charge in [-0.1, -0.05) is 23.7 Å². The zero-order chi connectivity index (χ0) is 26.2. The lowest BCUT2D eigenvalue weighted by atomic mass is 10.0. The number of pyridine rings is 2. The van der Waals surface area contributed by atoms with Gasteiger partial charge in [-0.15, -0.1) is 0 Å². The van der Waals surface area contributed by atoms with Crippen molar-refractivity contribution >= 4 is 34.1 Å². The van der Waals surface area contributed by atoms with Crippen molar-refractivity contribution in [2.75, 3.05) is 17.6 Å². The third-order valence-electron chi connectivity index (χ3n) is 5.93. The van der Waals surface area contributed by atoms with E-state index in [0.29, 0.717) is 58.1 Å². The van der Waals surface area contributed by atoms with Crippen LogP contribution in [0.4, 0.5) is 11.6 Å². The molecule has 0 bridgehead atoms. The molecular formula is C27H27ClN8O. The van der Waals surface area contributed by atoms with Gasteiger partial charge in [0.05, 0.1) is 27.6 Å². The van der Waals surface area contributed by atoms with E-state index in [9.17, 15) is 5.11 Å². The van der Waals surface area contributed by atoms with Gasteiger partial charge in [0.2, 0.25) is 0 Å². The summed E-state index contributed by atoms with van der Waals surface area (Å²) in [6.45, 7) is 3.93. The van der Waals surface area contributed by atoms with Crippen LogP contribution >= 0.6 is 11.6 Å². The summed E-state index contributed by atoms with van der Waals surface area (Å²) >= 11 is 6.59. The summed E-state index contributed by atoms with van der Waals surface area (Å²) in [6, 6.07) is 15.0. The topological polar surface area (TPSA) is 128 Å². The first kappa shape index (κ1) is 24.6. The molecule has 0 fully saturated rings. The van der Waals surface area contributed by atoms with Crippen LogP contribution in [0, 0.1) is 0 Å². The van der Waals surface area contributed by atoms with E-state index in [1.807, 2.05) is 55.7 Å². The third-order valence-corrected chi connectivity index (χ3v) is 6.22. The third kappa shape index (κ3) is 5.23. The van der Waals surface area contributed by atoms with Crippen molar-refractivity contribution in [2.24, 2.45) is 7.05 Å². The van der Waals surface area contributed by atoms with E-state index in [-0.39, 0.29) is 0 Å². The highest BCUT2D eigenvalue weighted by atomic mass is 35.5. The molecule has 0 spiro atoms. The highest BCUT2D eigenvalue weighted by molar-refractivity contribution is 6.35. The van der Waals surface area contributed by atoms with Crippen molar-refractivity contribution in [1.82, 2.24) is 29.7 Å². The van der Waals surface area contributed by atoms with Gasteiger partial charge < -0.3 is 16.2 Å². The highest BCUT2D eigenvalue weighted by Gasteiger charge is 2.20. The summed E-state index contributed by atoms with van der Waals surface area (Å²) in [5.41, 5.74) is 9.97. The summed E-state index contributed by atoms with van der Waals surface area (Å²) in [5, 5.41) is 19.5. The van der Waals surface area contributed by atoms with E-state index in [4.69, 9.17) is 27.3 Å². The Kier molecular flexibility index (Phi) is 6.49. The van der Waals surface area contributed by atoms with Crippen LogP contribution < -0.4 is 11.1 Å². The number of hydrogen-bond donors (Lipinski definition) is 3. The number of nitrogens with one attached hydrogen (secondary N) is 1. The fourth-order valence-electron chi connectivity index (χ4n) is 4.06. The molecule has 10 heteroatoms. The average Bonchev–Trinajstić information content (AvgIpc) is 3.30. The normalized spacial score (nSPS) is 11.7. The molecular weight excluding hydrogens is 488 g/mol. The van der Waals surface area contributed by atoms with E-state index < -0.39 is 5.60 Å². The first-order valence-corrected chi connectivity index (χ1v) is 12.2. The molecule has 4 heterocycles. The number of nitrogens with zero attached hydrogens (tertiary/aromatic N) is 6. The number of hydrogen-bond acceptors (Lipinski definition) is 8. The summed E-state index contributed by atoms with van der Waals surface area (Å²) in [6.07, 6.45) is 4.07. The molecule has 9 nitrogen and oxygen atoms in total. The van der Waals surface area contributed by atoms with Gasteiger partial charge in [-0.3, -0.25) is 9.67 Å². The number of benzene rings is 1. The molecule has 4 aromatic heterocycles. The molecule has 1 aromatic carbocycles. The number of halogens is 1. The molecule has 5 rings (SSSR count). The second-order valence-corrected chi connectivity index (χ2v) is 9.71. The van der Waals surface area contributed by atoms with Gasteiger partial charge in [0.15, 0.2) is 0 Å². The summed E-state index contributed by atoms with van der Waals surface area (Å²) < 4.78 is 1.71. The lowest BCUT2D eigenvalue weighted by Crippen LogP contribution is -2.18. The van der Waals surface area contributed by atoms with Crippen LogP contribution in [0.25, 0.3) is 33.5 Å². The van der Waals surface area contributed by atoms with Crippen LogP contribution in [0.3, 0.4) is 0 Å².